The first-order valence-corrected chi connectivity index (χ1v) is 14.3. The van der Waals surface area contributed by atoms with E-state index in [1.807, 2.05) is 5.32 Å². The topological polar surface area (TPSA) is 153 Å². The third kappa shape index (κ3) is 9.08. The number of imide groups is 1. The minimum Gasteiger partial charge on any atom is -0.464 e. The summed E-state index contributed by atoms with van der Waals surface area (Å²) >= 11 is 0. The Labute approximate surface area is 252 Å². The van der Waals surface area contributed by atoms with Crippen LogP contribution < -0.4 is 10.6 Å². The van der Waals surface area contributed by atoms with E-state index in [-0.39, 0.29) is 18.8 Å². The number of hydrogen-bond donors (Lipinski definition) is 2. The van der Waals surface area contributed by atoms with Gasteiger partial charge in [-0.2, -0.15) is 13.2 Å². The van der Waals surface area contributed by atoms with Crippen LogP contribution >= 0.6 is 0 Å². The molecule has 0 unspecified atom stereocenters. The first-order chi connectivity index (χ1) is 20.8. The molecule has 44 heavy (non-hydrogen) atoms. The number of rotatable bonds is 9. The second-order valence-corrected chi connectivity index (χ2v) is 10.6. The number of esters is 2. The number of carbonyl (C=O) groups excluding carboxylic acids is 5. The Hall–Kier alpha value is -4.35. The number of β-lactam (4-membered cyclic amide) rings is 1. The predicted molar refractivity (Wildman–Crippen MR) is 147 cm³/mol. The van der Waals surface area contributed by atoms with E-state index in [1.165, 1.54) is 25.3 Å². The van der Waals surface area contributed by atoms with Gasteiger partial charge in [-0.15, -0.1) is 0 Å². The summed E-state index contributed by atoms with van der Waals surface area (Å²) in [5.41, 5.74) is 0.357. The van der Waals surface area contributed by atoms with Gasteiger partial charge in [0.25, 0.3) is 0 Å². The van der Waals surface area contributed by atoms with Crippen LogP contribution in [0.5, 0.6) is 0 Å². The predicted octanol–water partition coefficient (Wildman–Crippen LogP) is 4.14. The van der Waals surface area contributed by atoms with Gasteiger partial charge >= 0.3 is 30.2 Å². The maximum Gasteiger partial charge on any atom is 0.415 e. The summed E-state index contributed by atoms with van der Waals surface area (Å²) in [5.74, 6) is 0.886. The van der Waals surface area contributed by atoms with Crippen LogP contribution in [0.25, 0.3) is 0 Å². The number of amides is 4. The van der Waals surface area contributed by atoms with Gasteiger partial charge in [0.1, 0.15) is 11.9 Å². The second-order valence-electron chi connectivity index (χ2n) is 10.6. The number of carbonyl (C=O) groups is 5. The summed E-state index contributed by atoms with van der Waals surface area (Å²) in [4.78, 5) is 66.3. The van der Waals surface area contributed by atoms with Crippen molar-refractivity contribution < 1.29 is 51.4 Å². The summed E-state index contributed by atoms with van der Waals surface area (Å²) in [6.07, 6.45) is -1.92. The van der Waals surface area contributed by atoms with Gasteiger partial charge < -0.3 is 19.5 Å². The molecule has 240 valence electrons. The van der Waals surface area contributed by atoms with Gasteiger partial charge in [0, 0.05) is 18.2 Å². The molecule has 0 radical (unpaired) electrons. The lowest BCUT2D eigenvalue weighted by Crippen LogP contribution is -2.70. The van der Waals surface area contributed by atoms with Crippen LogP contribution in [0.4, 0.5) is 28.6 Å². The fourth-order valence-corrected chi connectivity index (χ4v) is 4.90. The Morgan fingerprint density at radius 1 is 1.11 bits per heavy atom. The fraction of sp³-hybridized carbons (Fsp3) is 0.586. The molecule has 1 aliphatic heterocycles. The summed E-state index contributed by atoms with van der Waals surface area (Å²) in [6, 6.07) is -2.00. The number of anilines is 1. The monoisotopic (exact) mass is 624 g/mol. The summed E-state index contributed by atoms with van der Waals surface area (Å²) in [6.45, 7) is 4.10. The summed E-state index contributed by atoms with van der Waals surface area (Å²) in [5, 5.41) is 4.29. The molecule has 1 aromatic rings. The largest absolute Gasteiger partial charge is 0.464 e. The molecule has 1 aliphatic carbocycles. The lowest BCUT2D eigenvalue weighted by Gasteiger charge is -2.44. The lowest BCUT2D eigenvalue weighted by molar-refractivity contribution is -0.174. The van der Waals surface area contributed by atoms with Crippen LogP contribution in [0.2, 0.25) is 0 Å². The zero-order chi connectivity index (χ0) is 32.4. The minimum atomic E-state index is -4.73. The van der Waals surface area contributed by atoms with Crippen molar-refractivity contribution in [2.24, 2.45) is 17.8 Å². The van der Waals surface area contributed by atoms with Gasteiger partial charge in [0.15, 0.2) is 6.04 Å². The maximum atomic E-state index is 13.9. The number of ether oxygens (including phenoxy) is 3. The Kier molecular flexibility index (Phi) is 11.9. The van der Waals surface area contributed by atoms with E-state index < -0.39 is 72.8 Å². The van der Waals surface area contributed by atoms with Crippen LogP contribution in [0.3, 0.4) is 0 Å². The van der Waals surface area contributed by atoms with E-state index in [0.717, 1.165) is 6.42 Å². The van der Waals surface area contributed by atoms with Gasteiger partial charge in [0.2, 0.25) is 12.7 Å². The van der Waals surface area contributed by atoms with E-state index in [0.29, 0.717) is 36.1 Å². The number of alkyl halides is 3. The summed E-state index contributed by atoms with van der Waals surface area (Å²) in [7, 11) is 0. The highest BCUT2D eigenvalue weighted by Gasteiger charge is 2.56. The molecule has 4 amide bonds. The first kappa shape index (κ1) is 34.1. The molecule has 2 heterocycles. The SMILES string of the molecule is CCOC(=O)[C@@H]1[C@@H](CC#Cc2ccnc(NC(=O)OCOC(=O)C(C)C)c2)C(=O)N1C(=O)N[C@@H](C1CCCCC1)C(F)(F)F. The standard InChI is InChI=1S/C29H35F3N4O8/c1-4-42-26(39)22-20(24(37)36(22)27(40)35-23(29(30,31)32)19-10-6-5-7-11-19)12-8-9-18-13-14-33-21(15-18)34-28(41)44-16-43-25(38)17(2)3/h13-15,17,19-20,22-23H,4-7,10-12,16H2,1-3H3,(H,35,40)(H,33,34,41)/t20-,22+,23+/m1/s1. The smallest absolute Gasteiger partial charge is 0.415 e. The first-order valence-electron chi connectivity index (χ1n) is 14.3. The molecule has 1 saturated heterocycles. The van der Waals surface area contributed by atoms with E-state index in [2.05, 4.69) is 22.1 Å². The zero-order valence-corrected chi connectivity index (χ0v) is 24.6. The third-order valence-corrected chi connectivity index (χ3v) is 7.12. The molecular formula is C29H35F3N4O8. The maximum absolute atomic E-state index is 13.9. The average Bonchev–Trinajstić information content (AvgIpc) is 2.96. The normalized spacial score (nSPS) is 19.2. The molecule has 2 fully saturated rings. The molecule has 1 aromatic heterocycles. The molecule has 2 aliphatic rings. The second kappa shape index (κ2) is 15.4. The molecule has 0 aromatic carbocycles. The van der Waals surface area contributed by atoms with E-state index in [1.54, 1.807) is 13.8 Å². The fourth-order valence-electron chi connectivity index (χ4n) is 4.90. The van der Waals surface area contributed by atoms with E-state index in [9.17, 15) is 37.1 Å². The van der Waals surface area contributed by atoms with Gasteiger partial charge in [-0.05, 0) is 37.8 Å². The number of nitrogens with one attached hydrogen (secondary N) is 2. The quantitative estimate of drug-likeness (QED) is 0.179. The van der Waals surface area contributed by atoms with Crippen molar-refractivity contribution in [1.29, 1.82) is 0 Å². The van der Waals surface area contributed by atoms with Crippen LogP contribution in [-0.2, 0) is 28.6 Å². The van der Waals surface area contributed by atoms with Crippen molar-refractivity contribution in [3.8, 4) is 11.8 Å². The number of nitrogens with zero attached hydrogens (tertiary/aromatic N) is 2. The molecule has 0 bridgehead atoms. The van der Waals surface area contributed by atoms with Crippen molar-refractivity contribution >= 4 is 35.8 Å². The minimum absolute atomic E-state index is 0.0566. The average molecular weight is 625 g/mol. The molecule has 0 spiro atoms. The van der Waals surface area contributed by atoms with Crippen molar-refractivity contribution in [2.45, 2.75) is 77.6 Å². The number of likely N-dealkylation sites (tertiary alicyclic amines) is 1. The number of aromatic nitrogens is 1. The van der Waals surface area contributed by atoms with Gasteiger partial charge in [-0.25, -0.2) is 24.3 Å². The molecule has 2 N–H and O–H groups in total. The van der Waals surface area contributed by atoms with E-state index in [4.69, 9.17) is 14.2 Å². The molecule has 12 nitrogen and oxygen atoms in total. The highest BCUT2D eigenvalue weighted by Crippen LogP contribution is 2.36. The van der Waals surface area contributed by atoms with Crippen LogP contribution in [0.1, 0.15) is 64.9 Å². The highest BCUT2D eigenvalue weighted by atomic mass is 19.4. The number of urea groups is 1. The lowest BCUT2D eigenvalue weighted by atomic mass is 9.83. The number of pyridine rings is 1. The Morgan fingerprint density at radius 2 is 1.82 bits per heavy atom. The number of halogens is 3. The molecule has 1 saturated carbocycles. The third-order valence-electron chi connectivity index (χ3n) is 7.12. The molecule has 15 heteroatoms. The molecule has 3 atom stereocenters. The number of hydrogen-bond acceptors (Lipinski definition) is 9. The molecular weight excluding hydrogens is 589 g/mol. The van der Waals surface area contributed by atoms with Gasteiger partial charge in [-0.3, -0.25) is 14.9 Å². The molecule has 3 rings (SSSR count). The van der Waals surface area contributed by atoms with Gasteiger partial charge in [0.05, 0.1) is 18.4 Å². The van der Waals surface area contributed by atoms with Crippen LogP contribution in [-0.4, -0.2) is 71.5 Å². The van der Waals surface area contributed by atoms with Crippen molar-refractivity contribution in [3.05, 3.63) is 23.9 Å². The van der Waals surface area contributed by atoms with Crippen molar-refractivity contribution in [2.75, 3.05) is 18.7 Å². The Morgan fingerprint density at radius 3 is 2.45 bits per heavy atom. The Bertz CT molecular complexity index is 1290. The summed E-state index contributed by atoms with van der Waals surface area (Å²) < 4.78 is 56.1. The van der Waals surface area contributed by atoms with E-state index >= 15 is 0 Å². The van der Waals surface area contributed by atoms with Gasteiger partial charge in [-0.1, -0.05) is 45.0 Å². The Balaban J connectivity index is 1.64. The van der Waals surface area contributed by atoms with Crippen molar-refractivity contribution in [1.82, 2.24) is 15.2 Å². The van der Waals surface area contributed by atoms with Crippen molar-refractivity contribution in [3.63, 3.8) is 0 Å². The van der Waals surface area contributed by atoms with Crippen LogP contribution in [0, 0.1) is 29.6 Å². The zero-order valence-electron chi connectivity index (χ0n) is 24.6. The highest BCUT2D eigenvalue weighted by molar-refractivity contribution is 6.08. The van der Waals surface area contributed by atoms with Crippen LogP contribution in [0.15, 0.2) is 18.3 Å².